The van der Waals surface area contributed by atoms with E-state index >= 15 is 0 Å². The Morgan fingerprint density at radius 3 is 2.92 bits per heavy atom. The van der Waals surface area contributed by atoms with E-state index in [1.165, 1.54) is 10.4 Å². The van der Waals surface area contributed by atoms with E-state index in [9.17, 15) is 9.90 Å². The normalized spacial score (nSPS) is 16.0. The van der Waals surface area contributed by atoms with Crippen LogP contribution in [0.1, 0.15) is 60.0 Å². The maximum atomic E-state index is 12.2. The van der Waals surface area contributed by atoms with Crippen LogP contribution in [0.2, 0.25) is 0 Å². The van der Waals surface area contributed by atoms with Crippen molar-refractivity contribution in [2.24, 2.45) is 5.41 Å². The number of aromatic carboxylic acids is 1. The van der Waals surface area contributed by atoms with E-state index in [4.69, 9.17) is 4.98 Å². The number of hydrogen-bond acceptors (Lipinski definition) is 4. The molecule has 0 amide bonds. The molecule has 0 spiro atoms. The molecule has 3 aromatic rings. The van der Waals surface area contributed by atoms with Crippen LogP contribution in [0.5, 0.6) is 0 Å². The third kappa shape index (κ3) is 2.97. The molecule has 4 rings (SSSR count). The van der Waals surface area contributed by atoms with Gasteiger partial charge in [-0.25, -0.2) is 9.78 Å². The van der Waals surface area contributed by atoms with Crippen LogP contribution >= 0.6 is 22.7 Å². The number of aromatic nitrogens is 1. The van der Waals surface area contributed by atoms with Gasteiger partial charge in [0.2, 0.25) is 0 Å². The Balaban J connectivity index is 1.96. The van der Waals surface area contributed by atoms with E-state index < -0.39 is 5.97 Å². The Morgan fingerprint density at radius 2 is 2.19 bits per heavy atom. The van der Waals surface area contributed by atoms with Crippen molar-refractivity contribution in [1.29, 1.82) is 0 Å². The molecule has 0 atom stereocenters. The summed E-state index contributed by atoms with van der Waals surface area (Å²) >= 11 is 3.27. The number of hydrogen-bond donors (Lipinski definition) is 1. The maximum Gasteiger partial charge on any atom is 0.337 e. The summed E-state index contributed by atoms with van der Waals surface area (Å²) in [4.78, 5) is 20.2. The molecule has 26 heavy (non-hydrogen) atoms. The molecule has 3 heterocycles. The minimum atomic E-state index is -0.814. The van der Waals surface area contributed by atoms with Crippen LogP contribution in [-0.2, 0) is 19.3 Å². The fourth-order valence-corrected chi connectivity index (χ4v) is 6.00. The van der Waals surface area contributed by atoms with Gasteiger partial charge in [-0.05, 0) is 59.7 Å². The Hall–Kier alpha value is -1.72. The van der Waals surface area contributed by atoms with Crippen molar-refractivity contribution in [3.63, 3.8) is 0 Å². The SMILES string of the molecule is CCCc1cc2ccsc2nc1-c1sc2c(c1C(=O)O)CC(C)(C)CC2. The molecule has 0 saturated carbocycles. The molecule has 0 aromatic carbocycles. The molecule has 5 heteroatoms. The molecule has 0 aliphatic heterocycles. The molecule has 136 valence electrons. The second-order valence-electron chi connectivity index (χ2n) is 7.92. The lowest BCUT2D eigenvalue weighted by atomic mass is 9.76. The fraction of sp³-hybridized carbons (Fsp3) is 0.429. The number of pyridine rings is 1. The van der Waals surface area contributed by atoms with Gasteiger partial charge in [-0.2, -0.15) is 0 Å². The first-order valence-corrected chi connectivity index (χ1v) is 10.8. The van der Waals surface area contributed by atoms with E-state index in [0.29, 0.717) is 5.56 Å². The van der Waals surface area contributed by atoms with E-state index in [-0.39, 0.29) is 5.41 Å². The van der Waals surface area contributed by atoms with Gasteiger partial charge in [-0.1, -0.05) is 27.2 Å². The van der Waals surface area contributed by atoms with Gasteiger partial charge < -0.3 is 5.11 Å². The summed E-state index contributed by atoms with van der Waals surface area (Å²) in [5, 5.41) is 13.2. The fourth-order valence-electron chi connectivity index (χ4n) is 3.91. The Labute approximate surface area is 161 Å². The second kappa shape index (κ2) is 6.46. The highest BCUT2D eigenvalue weighted by atomic mass is 32.1. The van der Waals surface area contributed by atoms with E-state index in [1.54, 1.807) is 22.7 Å². The molecule has 0 saturated heterocycles. The van der Waals surface area contributed by atoms with Crippen LogP contribution in [0.3, 0.4) is 0 Å². The third-order valence-corrected chi connectivity index (χ3v) is 7.37. The van der Waals surface area contributed by atoms with Crippen molar-refractivity contribution < 1.29 is 9.90 Å². The minimum absolute atomic E-state index is 0.160. The molecule has 0 unspecified atom stereocenters. The van der Waals surface area contributed by atoms with Gasteiger partial charge in [0.1, 0.15) is 4.83 Å². The number of fused-ring (bicyclic) bond motifs is 2. The van der Waals surface area contributed by atoms with Crippen molar-refractivity contribution in [3.05, 3.63) is 39.1 Å². The zero-order chi connectivity index (χ0) is 18.5. The highest BCUT2D eigenvalue weighted by molar-refractivity contribution is 7.17. The number of aryl methyl sites for hydroxylation is 2. The van der Waals surface area contributed by atoms with Crippen LogP contribution in [-0.4, -0.2) is 16.1 Å². The molecule has 1 aliphatic rings. The van der Waals surface area contributed by atoms with Gasteiger partial charge in [-0.3, -0.25) is 0 Å². The van der Waals surface area contributed by atoms with E-state index in [2.05, 4.69) is 38.3 Å². The van der Waals surface area contributed by atoms with Crippen LogP contribution in [0.15, 0.2) is 17.5 Å². The van der Waals surface area contributed by atoms with Gasteiger partial charge in [0.05, 0.1) is 16.1 Å². The monoisotopic (exact) mass is 385 g/mol. The number of nitrogens with zero attached hydrogens (tertiary/aromatic N) is 1. The van der Waals surface area contributed by atoms with Gasteiger partial charge in [-0.15, -0.1) is 22.7 Å². The highest BCUT2D eigenvalue weighted by Gasteiger charge is 2.33. The first-order chi connectivity index (χ1) is 12.4. The van der Waals surface area contributed by atoms with Crippen molar-refractivity contribution in [3.8, 4) is 10.6 Å². The van der Waals surface area contributed by atoms with Crippen LogP contribution in [0.25, 0.3) is 20.8 Å². The van der Waals surface area contributed by atoms with Gasteiger partial charge in [0.25, 0.3) is 0 Å². The topological polar surface area (TPSA) is 50.2 Å². The van der Waals surface area contributed by atoms with Gasteiger partial charge in [0.15, 0.2) is 0 Å². The average Bonchev–Trinajstić information content (AvgIpc) is 3.16. The lowest BCUT2D eigenvalue weighted by Crippen LogP contribution is -2.22. The Kier molecular flexibility index (Phi) is 4.40. The van der Waals surface area contributed by atoms with E-state index in [1.807, 2.05) is 0 Å². The quantitative estimate of drug-likeness (QED) is 0.582. The molecule has 1 N–H and O–H groups in total. The first kappa shape index (κ1) is 17.7. The van der Waals surface area contributed by atoms with Crippen LogP contribution in [0, 0.1) is 5.41 Å². The molecule has 3 aromatic heterocycles. The van der Waals surface area contributed by atoms with Crippen molar-refractivity contribution >= 4 is 38.9 Å². The Morgan fingerprint density at radius 1 is 1.38 bits per heavy atom. The molecular formula is C21H23NO2S2. The summed E-state index contributed by atoms with van der Waals surface area (Å²) in [5.41, 5.74) is 3.75. The van der Waals surface area contributed by atoms with Crippen LogP contribution in [0.4, 0.5) is 0 Å². The summed E-state index contributed by atoms with van der Waals surface area (Å²) in [5.74, 6) is -0.814. The smallest absolute Gasteiger partial charge is 0.337 e. The summed E-state index contributed by atoms with van der Waals surface area (Å²) in [7, 11) is 0. The maximum absolute atomic E-state index is 12.2. The number of carboxylic acid groups (broad SMARTS) is 1. The molecule has 0 fully saturated rings. The summed E-state index contributed by atoms with van der Waals surface area (Å²) in [6.07, 6.45) is 4.85. The second-order valence-corrected chi connectivity index (χ2v) is 9.91. The summed E-state index contributed by atoms with van der Waals surface area (Å²) < 4.78 is 0. The lowest BCUT2D eigenvalue weighted by molar-refractivity contribution is 0.0696. The zero-order valence-electron chi connectivity index (χ0n) is 15.4. The zero-order valence-corrected chi connectivity index (χ0v) is 17.0. The van der Waals surface area contributed by atoms with Gasteiger partial charge in [0, 0.05) is 10.3 Å². The molecular weight excluding hydrogens is 362 g/mol. The van der Waals surface area contributed by atoms with Crippen molar-refractivity contribution in [2.75, 3.05) is 0 Å². The van der Waals surface area contributed by atoms with Crippen molar-refractivity contribution in [1.82, 2.24) is 4.98 Å². The van der Waals surface area contributed by atoms with Gasteiger partial charge >= 0.3 is 5.97 Å². The van der Waals surface area contributed by atoms with E-state index in [0.717, 1.165) is 58.5 Å². The predicted molar refractivity (Wildman–Crippen MR) is 110 cm³/mol. The largest absolute Gasteiger partial charge is 0.478 e. The minimum Gasteiger partial charge on any atom is -0.478 e. The molecule has 0 bridgehead atoms. The number of carboxylic acids is 1. The molecule has 3 nitrogen and oxygen atoms in total. The summed E-state index contributed by atoms with van der Waals surface area (Å²) in [6, 6.07) is 4.29. The third-order valence-electron chi connectivity index (χ3n) is 5.24. The number of rotatable bonds is 4. The first-order valence-electron chi connectivity index (χ1n) is 9.15. The average molecular weight is 386 g/mol. The lowest BCUT2D eigenvalue weighted by Gasteiger charge is -2.29. The highest BCUT2D eigenvalue weighted by Crippen LogP contribution is 2.45. The standard InChI is InChI=1S/C21H23NO2S2/c1-4-5-12-10-13-7-9-25-19(13)22-17(12)18-16(20(23)24)14-11-21(2,3)8-6-15(14)26-18/h7,9-10H,4-6,8,11H2,1-3H3,(H,23,24). The number of carbonyl (C=O) groups is 1. The van der Waals surface area contributed by atoms with Crippen molar-refractivity contribution in [2.45, 2.75) is 52.9 Å². The Bertz CT molecular complexity index is 997. The summed E-state index contributed by atoms with van der Waals surface area (Å²) in [6.45, 7) is 6.62. The van der Waals surface area contributed by atoms with Crippen LogP contribution < -0.4 is 0 Å². The number of thiophene rings is 2. The predicted octanol–water partition coefficient (Wildman–Crippen LogP) is 6.19. The molecule has 0 radical (unpaired) electrons. The molecule has 1 aliphatic carbocycles.